The van der Waals surface area contributed by atoms with Crippen LogP contribution in [0.15, 0.2) is 30.3 Å². The van der Waals surface area contributed by atoms with E-state index >= 15 is 0 Å². The first kappa shape index (κ1) is 12.3. The average Bonchev–Trinajstić information content (AvgIpc) is 2.63. The number of benzene rings is 1. The second-order valence-corrected chi connectivity index (χ2v) is 4.19. The van der Waals surface area contributed by atoms with Crippen molar-refractivity contribution in [1.82, 2.24) is 4.90 Å². The first-order valence-corrected chi connectivity index (χ1v) is 5.70. The molecule has 1 fully saturated rings. The van der Waals surface area contributed by atoms with E-state index in [-0.39, 0.29) is 31.2 Å². The Bertz CT molecular complexity index is 483. The highest BCUT2D eigenvalue weighted by atomic mass is 16.4. The van der Waals surface area contributed by atoms with E-state index in [0.29, 0.717) is 0 Å². The van der Waals surface area contributed by atoms with E-state index in [1.807, 2.05) is 18.2 Å². The van der Waals surface area contributed by atoms with E-state index in [4.69, 9.17) is 5.11 Å². The number of hydrogen-bond acceptors (Lipinski definition) is 3. The van der Waals surface area contributed by atoms with Crippen LogP contribution in [0.25, 0.3) is 0 Å². The number of carboxylic acid groups (broad SMARTS) is 1. The molecule has 5 nitrogen and oxygen atoms in total. The summed E-state index contributed by atoms with van der Waals surface area (Å²) in [7, 11) is 0. The Morgan fingerprint density at radius 2 is 1.94 bits per heavy atom. The number of rotatable bonds is 4. The van der Waals surface area contributed by atoms with Gasteiger partial charge in [-0.15, -0.1) is 0 Å². The zero-order valence-electron chi connectivity index (χ0n) is 9.70. The first-order chi connectivity index (χ1) is 8.59. The van der Waals surface area contributed by atoms with E-state index in [9.17, 15) is 14.4 Å². The van der Waals surface area contributed by atoms with Gasteiger partial charge in [0.2, 0.25) is 11.8 Å². The van der Waals surface area contributed by atoms with Crippen LogP contribution < -0.4 is 0 Å². The monoisotopic (exact) mass is 247 g/mol. The maximum atomic E-state index is 12.0. The summed E-state index contributed by atoms with van der Waals surface area (Å²) in [5, 5.41) is 8.58. The molecule has 1 N–H and O–H groups in total. The average molecular weight is 247 g/mol. The molecule has 1 aliphatic rings. The quantitative estimate of drug-likeness (QED) is 0.805. The van der Waals surface area contributed by atoms with Crippen molar-refractivity contribution in [1.29, 1.82) is 0 Å². The number of amides is 2. The fraction of sp³-hybridized carbons (Fsp3) is 0.308. The zero-order chi connectivity index (χ0) is 13.1. The molecule has 1 aromatic rings. The van der Waals surface area contributed by atoms with Crippen LogP contribution in [-0.2, 0) is 14.4 Å². The zero-order valence-corrected chi connectivity index (χ0v) is 9.70. The SMILES string of the molecule is O=C(O)CCN1C(=O)C[C@H](c2ccccc2)C1=O. The predicted molar refractivity (Wildman–Crippen MR) is 62.8 cm³/mol. The molecule has 18 heavy (non-hydrogen) atoms. The van der Waals surface area contributed by atoms with Gasteiger partial charge in [-0.1, -0.05) is 30.3 Å². The van der Waals surface area contributed by atoms with Gasteiger partial charge in [0.05, 0.1) is 12.3 Å². The molecule has 0 bridgehead atoms. The summed E-state index contributed by atoms with van der Waals surface area (Å²) in [5.74, 6) is -2.08. The molecule has 1 atom stereocenters. The topological polar surface area (TPSA) is 74.7 Å². The van der Waals surface area contributed by atoms with Crippen LogP contribution in [0.5, 0.6) is 0 Å². The molecule has 0 radical (unpaired) electrons. The molecule has 0 aliphatic carbocycles. The van der Waals surface area contributed by atoms with Gasteiger partial charge in [-0.25, -0.2) is 0 Å². The summed E-state index contributed by atoms with van der Waals surface area (Å²) in [5.41, 5.74) is 0.800. The van der Waals surface area contributed by atoms with Gasteiger partial charge in [0.1, 0.15) is 0 Å². The Hall–Kier alpha value is -2.17. The fourth-order valence-electron chi connectivity index (χ4n) is 2.07. The lowest BCUT2D eigenvalue weighted by Crippen LogP contribution is -2.32. The Balaban J connectivity index is 2.12. The van der Waals surface area contributed by atoms with Crippen LogP contribution in [0, 0.1) is 0 Å². The number of aliphatic carboxylic acids is 1. The highest BCUT2D eigenvalue weighted by molar-refractivity contribution is 6.06. The lowest BCUT2D eigenvalue weighted by atomic mass is 9.98. The van der Waals surface area contributed by atoms with Crippen molar-refractivity contribution in [3.05, 3.63) is 35.9 Å². The van der Waals surface area contributed by atoms with Crippen molar-refractivity contribution in [2.45, 2.75) is 18.8 Å². The largest absolute Gasteiger partial charge is 0.481 e. The summed E-state index contributed by atoms with van der Waals surface area (Å²) in [6, 6.07) is 9.07. The number of likely N-dealkylation sites (tertiary alicyclic amines) is 1. The number of nitrogens with zero attached hydrogens (tertiary/aromatic N) is 1. The highest BCUT2D eigenvalue weighted by Gasteiger charge is 2.39. The summed E-state index contributed by atoms with van der Waals surface area (Å²) in [6.07, 6.45) is -0.0819. The summed E-state index contributed by atoms with van der Waals surface area (Å²) in [4.78, 5) is 35.3. The normalized spacial score (nSPS) is 19.3. The van der Waals surface area contributed by atoms with E-state index < -0.39 is 11.9 Å². The molecule has 5 heteroatoms. The van der Waals surface area contributed by atoms with Gasteiger partial charge >= 0.3 is 5.97 Å². The Morgan fingerprint density at radius 1 is 1.28 bits per heavy atom. The van der Waals surface area contributed by atoms with E-state index in [2.05, 4.69) is 0 Å². The van der Waals surface area contributed by atoms with Gasteiger partial charge in [-0.05, 0) is 5.56 Å². The van der Waals surface area contributed by atoms with Gasteiger partial charge in [0, 0.05) is 13.0 Å². The second kappa shape index (κ2) is 5.00. The molecule has 1 aromatic carbocycles. The highest BCUT2D eigenvalue weighted by Crippen LogP contribution is 2.29. The number of hydrogen-bond donors (Lipinski definition) is 1. The van der Waals surface area contributed by atoms with Gasteiger partial charge in [-0.2, -0.15) is 0 Å². The Kier molecular flexibility index (Phi) is 3.41. The standard InChI is InChI=1S/C13H13NO4/c15-11-8-10(9-4-2-1-3-5-9)13(18)14(11)7-6-12(16)17/h1-5,10H,6-8H2,(H,16,17)/t10-/m1/s1. The Morgan fingerprint density at radius 3 is 2.56 bits per heavy atom. The van der Waals surface area contributed by atoms with Crippen LogP contribution in [0.1, 0.15) is 24.3 Å². The molecule has 1 heterocycles. The Labute approximate surface area is 104 Å². The summed E-state index contributed by atoms with van der Waals surface area (Å²) in [6.45, 7) is -0.0453. The third-order valence-corrected chi connectivity index (χ3v) is 3.00. The van der Waals surface area contributed by atoms with Crippen LogP contribution in [0.3, 0.4) is 0 Å². The molecule has 94 valence electrons. The van der Waals surface area contributed by atoms with Gasteiger partial charge < -0.3 is 5.11 Å². The maximum absolute atomic E-state index is 12.0. The van der Waals surface area contributed by atoms with Crippen molar-refractivity contribution < 1.29 is 19.5 Å². The molecule has 1 saturated heterocycles. The van der Waals surface area contributed by atoms with Crippen LogP contribution in [-0.4, -0.2) is 34.3 Å². The smallest absolute Gasteiger partial charge is 0.305 e. The minimum absolute atomic E-state index is 0.0453. The molecule has 0 spiro atoms. The number of carbonyl (C=O) groups is 3. The fourth-order valence-corrected chi connectivity index (χ4v) is 2.07. The van der Waals surface area contributed by atoms with Gasteiger partial charge in [0.25, 0.3) is 0 Å². The van der Waals surface area contributed by atoms with Crippen molar-refractivity contribution in [2.24, 2.45) is 0 Å². The van der Waals surface area contributed by atoms with E-state index in [1.165, 1.54) is 0 Å². The molecular weight excluding hydrogens is 234 g/mol. The van der Waals surface area contributed by atoms with Crippen LogP contribution >= 0.6 is 0 Å². The first-order valence-electron chi connectivity index (χ1n) is 5.70. The van der Waals surface area contributed by atoms with Crippen molar-refractivity contribution >= 4 is 17.8 Å². The second-order valence-electron chi connectivity index (χ2n) is 4.19. The molecular formula is C13H13NO4. The van der Waals surface area contributed by atoms with E-state index in [0.717, 1.165) is 10.5 Å². The van der Waals surface area contributed by atoms with Crippen molar-refractivity contribution in [2.75, 3.05) is 6.54 Å². The number of carbonyl (C=O) groups excluding carboxylic acids is 2. The molecule has 1 aliphatic heterocycles. The maximum Gasteiger partial charge on any atom is 0.305 e. The van der Waals surface area contributed by atoms with Crippen molar-refractivity contribution in [3.8, 4) is 0 Å². The third-order valence-electron chi connectivity index (χ3n) is 3.00. The van der Waals surface area contributed by atoms with Crippen LogP contribution in [0.2, 0.25) is 0 Å². The minimum Gasteiger partial charge on any atom is -0.481 e. The van der Waals surface area contributed by atoms with Crippen molar-refractivity contribution in [3.63, 3.8) is 0 Å². The molecule has 0 aromatic heterocycles. The minimum atomic E-state index is -1.02. The van der Waals surface area contributed by atoms with Gasteiger partial charge in [-0.3, -0.25) is 19.3 Å². The predicted octanol–water partition coefficient (Wildman–Crippen LogP) is 1.00. The van der Waals surface area contributed by atoms with Gasteiger partial charge in [0.15, 0.2) is 0 Å². The number of imide groups is 1. The third kappa shape index (κ3) is 2.40. The summed E-state index contributed by atoms with van der Waals surface area (Å²) < 4.78 is 0. The van der Waals surface area contributed by atoms with Crippen LogP contribution in [0.4, 0.5) is 0 Å². The summed E-state index contributed by atoms with van der Waals surface area (Å²) >= 11 is 0. The molecule has 2 rings (SSSR count). The molecule has 0 saturated carbocycles. The molecule has 0 unspecified atom stereocenters. The molecule has 2 amide bonds. The number of carboxylic acids is 1. The lowest BCUT2D eigenvalue weighted by Gasteiger charge is -2.13. The van der Waals surface area contributed by atoms with E-state index in [1.54, 1.807) is 12.1 Å². The lowest BCUT2D eigenvalue weighted by molar-refractivity contribution is -0.141.